The lowest BCUT2D eigenvalue weighted by atomic mass is 9.94. The lowest BCUT2D eigenvalue weighted by molar-refractivity contribution is -0.191. The Morgan fingerprint density at radius 1 is 1.02 bits per heavy atom. The van der Waals surface area contributed by atoms with Gasteiger partial charge in [0.2, 0.25) is 0 Å². The predicted molar refractivity (Wildman–Crippen MR) is 156 cm³/mol. The summed E-state index contributed by atoms with van der Waals surface area (Å²) >= 11 is 0. The minimum absolute atomic E-state index is 0.132. The Balaban J connectivity index is 1.73. The van der Waals surface area contributed by atoms with E-state index in [9.17, 15) is 10.1 Å². The first-order chi connectivity index (χ1) is 18.6. The molecule has 0 aromatic heterocycles. The van der Waals surface area contributed by atoms with E-state index in [2.05, 4.69) is 51.1 Å². The number of hydrogen-bond acceptors (Lipinski definition) is 7. The summed E-state index contributed by atoms with van der Waals surface area (Å²) < 4.78 is 31.7. The minimum atomic E-state index is -2.88. The van der Waals surface area contributed by atoms with Gasteiger partial charge in [0.15, 0.2) is 5.79 Å². The summed E-state index contributed by atoms with van der Waals surface area (Å²) in [6.45, 7) is 16.0. The molecule has 2 aromatic rings. The Labute approximate surface area is 239 Å². The van der Waals surface area contributed by atoms with Crippen molar-refractivity contribution >= 4 is 24.7 Å². The number of esters is 1. The van der Waals surface area contributed by atoms with Crippen molar-refractivity contribution in [2.45, 2.75) is 89.6 Å². The molecule has 8 heteroatoms. The lowest BCUT2D eigenvalue weighted by Gasteiger charge is -2.44. The number of nitriles is 1. The molecule has 0 unspecified atom stereocenters. The van der Waals surface area contributed by atoms with Crippen LogP contribution in [0.15, 0.2) is 72.3 Å². The molecule has 2 aliphatic rings. The molecular weight excluding hydrogens is 522 g/mol. The standard InChI is InChI=1S/C32H41NO6Si/c1-29(2,3)37-26(34)19-23(20-33)27-28-32(21-35-27,39-31(7,8)38-28)22-36-40(30(4,5)6,24-15-11-9-12-16-24)25-17-13-10-14-18-25/h9-19,27-28H,21-22H2,1-8H3/b23-19+/t27-,28-,32-/m0/s1. The molecule has 2 aromatic carbocycles. The molecular formula is C32H41NO6Si. The fraction of sp³-hybridized carbons (Fsp3) is 0.500. The van der Waals surface area contributed by atoms with Gasteiger partial charge in [-0.2, -0.15) is 5.26 Å². The Bertz CT molecular complexity index is 1230. The topological polar surface area (TPSA) is 87.0 Å². The molecule has 2 saturated heterocycles. The van der Waals surface area contributed by atoms with Crippen LogP contribution in [0, 0.1) is 11.3 Å². The fourth-order valence-electron chi connectivity index (χ4n) is 5.79. The van der Waals surface area contributed by atoms with Crippen LogP contribution in [0.5, 0.6) is 0 Å². The van der Waals surface area contributed by atoms with E-state index in [0.29, 0.717) is 0 Å². The SMILES string of the molecule is CC(C)(C)OC(=O)/C=C(\C#N)[C@@H]1OC[C@@]2(CO[Si](c3ccccc3)(c3ccccc3)C(C)(C)C)OC(C)(C)O[C@@H]12. The summed E-state index contributed by atoms with van der Waals surface area (Å²) in [7, 11) is -2.88. The molecule has 7 nitrogen and oxygen atoms in total. The maximum absolute atomic E-state index is 12.6. The number of rotatable bonds is 7. The minimum Gasteiger partial charge on any atom is -0.457 e. The number of hydrogen-bond donors (Lipinski definition) is 0. The van der Waals surface area contributed by atoms with Crippen LogP contribution in [-0.2, 0) is 28.2 Å². The van der Waals surface area contributed by atoms with Gasteiger partial charge in [0.25, 0.3) is 8.32 Å². The molecule has 40 heavy (non-hydrogen) atoms. The molecule has 0 radical (unpaired) electrons. The summed E-state index contributed by atoms with van der Waals surface area (Å²) in [5.74, 6) is -1.54. The zero-order valence-electron chi connectivity index (χ0n) is 24.8. The predicted octanol–water partition coefficient (Wildman–Crippen LogP) is 4.64. The highest BCUT2D eigenvalue weighted by Crippen LogP contribution is 2.47. The molecule has 0 aliphatic carbocycles. The van der Waals surface area contributed by atoms with E-state index >= 15 is 0 Å². The van der Waals surface area contributed by atoms with Crippen LogP contribution in [0.3, 0.4) is 0 Å². The van der Waals surface area contributed by atoms with Gasteiger partial charge in [0.1, 0.15) is 23.4 Å². The van der Waals surface area contributed by atoms with Crippen molar-refractivity contribution in [2.24, 2.45) is 0 Å². The average Bonchev–Trinajstić information content (AvgIpc) is 3.32. The number of benzene rings is 2. The van der Waals surface area contributed by atoms with E-state index in [4.69, 9.17) is 23.4 Å². The second kappa shape index (κ2) is 10.9. The Kier molecular flexibility index (Phi) is 8.20. The number of carbonyl (C=O) groups is 1. The van der Waals surface area contributed by atoms with Crippen LogP contribution in [-0.4, -0.2) is 56.7 Å². The Morgan fingerprint density at radius 2 is 1.57 bits per heavy atom. The maximum atomic E-state index is 12.6. The van der Waals surface area contributed by atoms with Gasteiger partial charge >= 0.3 is 5.97 Å². The molecule has 2 aliphatic heterocycles. The summed E-state index contributed by atoms with van der Waals surface area (Å²) in [5, 5.41) is 12.1. The molecule has 0 bridgehead atoms. The summed E-state index contributed by atoms with van der Waals surface area (Å²) in [6, 6.07) is 22.9. The van der Waals surface area contributed by atoms with Crippen LogP contribution < -0.4 is 10.4 Å². The normalized spacial score (nSPS) is 24.8. The monoisotopic (exact) mass is 563 g/mol. The lowest BCUT2D eigenvalue weighted by Crippen LogP contribution is -2.68. The van der Waals surface area contributed by atoms with Crippen molar-refractivity contribution in [1.82, 2.24) is 0 Å². The van der Waals surface area contributed by atoms with Crippen molar-refractivity contribution < 1.29 is 28.2 Å². The number of nitrogens with zero attached hydrogens (tertiary/aromatic N) is 1. The molecule has 0 amide bonds. The zero-order valence-corrected chi connectivity index (χ0v) is 25.8. The highest BCUT2D eigenvalue weighted by Gasteiger charge is 2.63. The molecule has 0 spiro atoms. The van der Waals surface area contributed by atoms with E-state index < -0.39 is 43.5 Å². The van der Waals surface area contributed by atoms with Gasteiger partial charge in [0.05, 0.1) is 24.9 Å². The van der Waals surface area contributed by atoms with Crippen LogP contribution >= 0.6 is 0 Å². The van der Waals surface area contributed by atoms with E-state index in [-0.39, 0.29) is 23.8 Å². The molecule has 0 N–H and O–H groups in total. The molecule has 0 saturated carbocycles. The second-order valence-electron chi connectivity index (χ2n) is 13.0. The maximum Gasteiger partial charge on any atom is 0.332 e. The number of ether oxygens (including phenoxy) is 4. The first-order valence-electron chi connectivity index (χ1n) is 13.7. The first kappa shape index (κ1) is 30.2. The summed E-state index contributed by atoms with van der Waals surface area (Å²) in [6.07, 6.45) is -0.264. The van der Waals surface area contributed by atoms with Gasteiger partial charge in [0, 0.05) is 6.08 Å². The van der Waals surface area contributed by atoms with E-state index in [1.807, 2.05) is 50.2 Å². The molecule has 214 valence electrons. The van der Waals surface area contributed by atoms with E-state index in [1.165, 1.54) is 6.08 Å². The molecule has 4 rings (SSSR count). The van der Waals surface area contributed by atoms with E-state index in [1.54, 1.807) is 20.8 Å². The highest BCUT2D eigenvalue weighted by molar-refractivity contribution is 6.99. The van der Waals surface area contributed by atoms with Crippen LogP contribution in [0.4, 0.5) is 0 Å². The Hall–Kier alpha value is -2.80. The van der Waals surface area contributed by atoms with Crippen molar-refractivity contribution in [3.8, 4) is 6.07 Å². The van der Waals surface area contributed by atoms with Crippen LogP contribution in [0.25, 0.3) is 0 Å². The summed E-state index contributed by atoms with van der Waals surface area (Å²) in [5.41, 5.74) is -1.54. The highest BCUT2D eigenvalue weighted by atomic mass is 28.4. The Morgan fingerprint density at radius 3 is 2.05 bits per heavy atom. The summed E-state index contributed by atoms with van der Waals surface area (Å²) in [4.78, 5) is 12.6. The molecule has 3 atom stereocenters. The third kappa shape index (κ3) is 5.95. The van der Waals surface area contributed by atoms with Crippen LogP contribution in [0.2, 0.25) is 5.04 Å². The molecule has 2 fully saturated rings. The van der Waals surface area contributed by atoms with E-state index in [0.717, 1.165) is 10.4 Å². The average molecular weight is 564 g/mol. The van der Waals surface area contributed by atoms with Gasteiger partial charge in [-0.25, -0.2) is 4.79 Å². The second-order valence-corrected chi connectivity index (χ2v) is 17.3. The van der Waals surface area contributed by atoms with Gasteiger partial charge in [-0.15, -0.1) is 0 Å². The largest absolute Gasteiger partial charge is 0.457 e. The van der Waals surface area contributed by atoms with Gasteiger partial charge in [-0.3, -0.25) is 0 Å². The van der Waals surface area contributed by atoms with Crippen LogP contribution in [0.1, 0.15) is 55.4 Å². The third-order valence-electron chi connectivity index (χ3n) is 7.23. The quantitative estimate of drug-likeness (QED) is 0.210. The first-order valence-corrected chi connectivity index (χ1v) is 15.6. The van der Waals surface area contributed by atoms with Gasteiger partial charge in [-0.05, 0) is 50.0 Å². The number of carbonyl (C=O) groups excluding carboxylic acids is 1. The fourth-order valence-corrected chi connectivity index (χ4v) is 10.4. The zero-order chi connectivity index (χ0) is 29.4. The van der Waals surface area contributed by atoms with Crippen molar-refractivity contribution in [3.05, 3.63) is 72.3 Å². The van der Waals surface area contributed by atoms with Crippen molar-refractivity contribution in [2.75, 3.05) is 13.2 Å². The van der Waals surface area contributed by atoms with Gasteiger partial charge < -0.3 is 23.4 Å². The van der Waals surface area contributed by atoms with Crippen molar-refractivity contribution in [3.63, 3.8) is 0 Å². The van der Waals surface area contributed by atoms with Crippen molar-refractivity contribution in [1.29, 1.82) is 5.26 Å². The molecule has 2 heterocycles. The van der Waals surface area contributed by atoms with Gasteiger partial charge in [-0.1, -0.05) is 81.4 Å². The third-order valence-corrected chi connectivity index (χ3v) is 12.2. The number of fused-ring (bicyclic) bond motifs is 1. The smallest absolute Gasteiger partial charge is 0.332 e.